The van der Waals surface area contributed by atoms with Gasteiger partial charge in [0.2, 0.25) is 5.91 Å². The maximum atomic E-state index is 13.0. The molecule has 5 rings (SSSR count). The number of carbonyl (C=O) groups is 2. The van der Waals surface area contributed by atoms with E-state index >= 15 is 0 Å². The van der Waals surface area contributed by atoms with E-state index in [4.69, 9.17) is 9.90 Å². The van der Waals surface area contributed by atoms with Crippen LogP contribution in [0.4, 0.5) is 0 Å². The Balaban J connectivity index is 0.000000821. The molecule has 3 aromatic rings. The summed E-state index contributed by atoms with van der Waals surface area (Å²) in [6.07, 6.45) is 1.03. The first-order chi connectivity index (χ1) is 15.9. The third-order valence-corrected chi connectivity index (χ3v) is 6.13. The van der Waals surface area contributed by atoms with Crippen molar-refractivity contribution in [2.24, 2.45) is 5.92 Å². The lowest BCUT2D eigenvalue weighted by Crippen LogP contribution is -2.50. The van der Waals surface area contributed by atoms with Crippen molar-refractivity contribution >= 4 is 23.4 Å². The van der Waals surface area contributed by atoms with Gasteiger partial charge >= 0.3 is 0 Å². The van der Waals surface area contributed by atoms with Gasteiger partial charge in [0.05, 0.1) is 0 Å². The minimum absolute atomic E-state index is 0.0324. The van der Waals surface area contributed by atoms with Crippen LogP contribution in [0.2, 0.25) is 0 Å². The molecule has 4 heterocycles. The molecule has 1 fully saturated rings. The molecule has 0 aliphatic carbocycles. The van der Waals surface area contributed by atoms with Crippen LogP contribution in [-0.2, 0) is 29.2 Å². The smallest absolute Gasteiger partial charge is 0.290 e. The normalized spacial score (nSPS) is 19.1. The van der Waals surface area contributed by atoms with Crippen molar-refractivity contribution in [1.82, 2.24) is 29.4 Å². The number of fused-ring (bicyclic) bond motifs is 5. The van der Waals surface area contributed by atoms with Crippen molar-refractivity contribution in [3.8, 4) is 0 Å². The van der Waals surface area contributed by atoms with E-state index in [9.17, 15) is 9.59 Å². The summed E-state index contributed by atoms with van der Waals surface area (Å²) < 4.78 is 1.95. The summed E-state index contributed by atoms with van der Waals surface area (Å²) in [7, 11) is 3.94. The molecule has 174 valence electrons. The van der Waals surface area contributed by atoms with Crippen molar-refractivity contribution in [3.63, 3.8) is 0 Å². The quantitative estimate of drug-likeness (QED) is 0.588. The lowest BCUT2D eigenvalue weighted by molar-refractivity contribution is -0.135. The van der Waals surface area contributed by atoms with Crippen molar-refractivity contribution < 1.29 is 14.7 Å². The van der Waals surface area contributed by atoms with Gasteiger partial charge in [-0.3, -0.25) is 14.4 Å². The number of aromatic nitrogens is 4. The van der Waals surface area contributed by atoms with Gasteiger partial charge in [-0.1, -0.05) is 18.2 Å². The molecular weight excluding hydrogens is 424 g/mol. The SMILES string of the molecule is CN(C)Cc1ccc2n(c1=O)C[C@H]1C[C@@H]2CN(C(=O)Cn2nc3ccccc3n2)C1.O=CO. The van der Waals surface area contributed by atoms with Gasteiger partial charge in [0.15, 0.2) is 0 Å². The van der Waals surface area contributed by atoms with Crippen LogP contribution in [0.25, 0.3) is 11.0 Å². The Kier molecular flexibility index (Phi) is 6.55. The Bertz CT molecular complexity index is 1180. The van der Waals surface area contributed by atoms with Crippen LogP contribution in [0.5, 0.6) is 0 Å². The molecular formula is C23H28N6O4. The molecule has 0 unspecified atom stereocenters. The Hall–Kier alpha value is -3.53. The summed E-state index contributed by atoms with van der Waals surface area (Å²) in [5.74, 6) is 0.536. The minimum atomic E-state index is -0.250. The number of likely N-dealkylation sites (tertiary alicyclic amines) is 1. The fourth-order valence-electron chi connectivity index (χ4n) is 4.85. The zero-order valence-electron chi connectivity index (χ0n) is 18.8. The highest BCUT2D eigenvalue weighted by Crippen LogP contribution is 2.35. The van der Waals surface area contributed by atoms with Crippen molar-refractivity contribution in [2.75, 3.05) is 27.2 Å². The number of carboxylic acid groups (broad SMARTS) is 1. The Labute approximate surface area is 191 Å². The summed E-state index contributed by atoms with van der Waals surface area (Å²) in [5, 5.41) is 15.7. The summed E-state index contributed by atoms with van der Waals surface area (Å²) in [6.45, 7) is 2.54. The number of pyridine rings is 1. The predicted octanol–water partition coefficient (Wildman–Crippen LogP) is 1.00. The number of rotatable bonds is 4. The molecule has 2 aliphatic rings. The maximum Gasteiger partial charge on any atom is 0.290 e. The molecule has 1 aromatic carbocycles. The maximum absolute atomic E-state index is 13.0. The van der Waals surface area contributed by atoms with Crippen LogP contribution >= 0.6 is 0 Å². The van der Waals surface area contributed by atoms with Crippen LogP contribution in [-0.4, -0.2) is 74.0 Å². The molecule has 0 saturated carbocycles. The van der Waals surface area contributed by atoms with E-state index < -0.39 is 0 Å². The summed E-state index contributed by atoms with van der Waals surface area (Å²) >= 11 is 0. The molecule has 0 spiro atoms. The number of amides is 1. The Morgan fingerprint density at radius 2 is 1.79 bits per heavy atom. The van der Waals surface area contributed by atoms with Crippen LogP contribution < -0.4 is 5.56 Å². The van der Waals surface area contributed by atoms with Gasteiger partial charge in [0.1, 0.15) is 17.6 Å². The number of benzene rings is 1. The number of piperidine rings is 1. The molecule has 2 aliphatic heterocycles. The fourth-order valence-corrected chi connectivity index (χ4v) is 4.85. The Morgan fingerprint density at radius 1 is 1.12 bits per heavy atom. The number of carbonyl (C=O) groups excluding carboxylic acids is 1. The molecule has 1 N–H and O–H groups in total. The average molecular weight is 453 g/mol. The largest absolute Gasteiger partial charge is 0.483 e. The average Bonchev–Trinajstić information content (AvgIpc) is 3.18. The van der Waals surface area contributed by atoms with E-state index in [2.05, 4.69) is 16.3 Å². The van der Waals surface area contributed by atoms with Gasteiger partial charge in [-0.15, -0.1) is 0 Å². The van der Waals surface area contributed by atoms with Crippen LogP contribution in [0.1, 0.15) is 23.6 Å². The van der Waals surface area contributed by atoms with Gasteiger partial charge in [0.25, 0.3) is 12.0 Å². The molecule has 33 heavy (non-hydrogen) atoms. The third-order valence-electron chi connectivity index (χ3n) is 6.13. The summed E-state index contributed by atoms with van der Waals surface area (Å²) in [6, 6.07) is 11.7. The van der Waals surface area contributed by atoms with E-state index in [1.165, 1.54) is 4.80 Å². The van der Waals surface area contributed by atoms with Gasteiger partial charge in [-0.2, -0.15) is 15.0 Å². The van der Waals surface area contributed by atoms with E-state index in [0.717, 1.165) is 28.7 Å². The fraction of sp³-hybridized carbons (Fsp3) is 0.435. The third kappa shape index (κ3) is 4.80. The molecule has 2 bridgehead atoms. The first-order valence-corrected chi connectivity index (χ1v) is 10.9. The van der Waals surface area contributed by atoms with Gasteiger partial charge in [-0.05, 0) is 44.6 Å². The second-order valence-electron chi connectivity index (χ2n) is 8.86. The lowest BCUT2D eigenvalue weighted by Gasteiger charge is -2.43. The van der Waals surface area contributed by atoms with Crippen molar-refractivity contribution in [2.45, 2.75) is 32.0 Å². The highest BCUT2D eigenvalue weighted by Gasteiger charge is 2.36. The van der Waals surface area contributed by atoms with Crippen LogP contribution in [0.3, 0.4) is 0 Å². The standard InChI is InChI=1S/C22H26N6O2.CH2O2/c1-25(2)12-16-7-8-20-17-9-15(11-27(20)22(16)30)10-26(13-17)21(29)14-28-23-18-5-3-4-6-19(18)24-28;2-1-3/h3-8,15,17H,9-14H2,1-2H3;1H,(H,2,3)/t15-,17+;/m0./s1. The van der Waals surface area contributed by atoms with E-state index in [1.54, 1.807) is 0 Å². The Morgan fingerprint density at radius 3 is 2.42 bits per heavy atom. The number of hydrogen-bond acceptors (Lipinski definition) is 6. The number of hydrogen-bond donors (Lipinski definition) is 1. The van der Waals surface area contributed by atoms with E-state index in [0.29, 0.717) is 32.1 Å². The highest BCUT2D eigenvalue weighted by atomic mass is 16.3. The topological polar surface area (TPSA) is 114 Å². The van der Waals surface area contributed by atoms with Crippen molar-refractivity contribution in [1.29, 1.82) is 0 Å². The van der Waals surface area contributed by atoms with Gasteiger partial charge in [0, 0.05) is 43.4 Å². The van der Waals surface area contributed by atoms with E-state index in [-0.39, 0.29) is 30.4 Å². The van der Waals surface area contributed by atoms with Crippen molar-refractivity contribution in [3.05, 3.63) is 58.0 Å². The second kappa shape index (κ2) is 9.53. The second-order valence-corrected chi connectivity index (χ2v) is 8.86. The zero-order valence-corrected chi connectivity index (χ0v) is 18.8. The van der Waals surface area contributed by atoms with Gasteiger partial charge in [-0.25, -0.2) is 0 Å². The molecule has 2 atom stereocenters. The number of nitrogens with zero attached hydrogens (tertiary/aromatic N) is 6. The summed E-state index contributed by atoms with van der Waals surface area (Å²) in [4.78, 5) is 39.7. The molecule has 0 radical (unpaired) electrons. The van der Waals surface area contributed by atoms with Crippen LogP contribution in [0, 0.1) is 5.92 Å². The monoisotopic (exact) mass is 452 g/mol. The van der Waals surface area contributed by atoms with Crippen LogP contribution in [0.15, 0.2) is 41.2 Å². The summed E-state index contributed by atoms with van der Waals surface area (Å²) in [5.41, 5.74) is 3.58. The van der Waals surface area contributed by atoms with E-state index in [1.807, 2.05) is 58.8 Å². The first kappa shape index (κ1) is 22.7. The first-order valence-electron chi connectivity index (χ1n) is 10.9. The highest BCUT2D eigenvalue weighted by molar-refractivity contribution is 5.77. The molecule has 2 aromatic heterocycles. The predicted molar refractivity (Wildman–Crippen MR) is 122 cm³/mol. The molecule has 1 amide bonds. The minimum Gasteiger partial charge on any atom is -0.483 e. The van der Waals surface area contributed by atoms with Gasteiger partial charge < -0.3 is 19.5 Å². The zero-order chi connectivity index (χ0) is 23.5. The molecule has 10 heteroatoms. The molecule has 1 saturated heterocycles. The molecule has 10 nitrogen and oxygen atoms in total. The lowest BCUT2D eigenvalue weighted by atomic mass is 9.83.